The van der Waals surface area contributed by atoms with E-state index in [1.54, 1.807) is 6.92 Å². The summed E-state index contributed by atoms with van der Waals surface area (Å²) in [6, 6.07) is 1.11. The van der Waals surface area contributed by atoms with Crippen molar-refractivity contribution in [2.45, 2.75) is 90.5 Å². The fourth-order valence-corrected chi connectivity index (χ4v) is 34.5. The molecule has 1 fully saturated rings. The molecule has 1 aliphatic rings. The molecule has 0 bridgehead atoms. The predicted octanol–water partition coefficient (Wildman–Crippen LogP) is 4.42. The van der Waals surface area contributed by atoms with E-state index >= 15 is 0 Å². The Morgan fingerprint density at radius 1 is 1.29 bits per heavy atom. The van der Waals surface area contributed by atoms with Gasteiger partial charge < -0.3 is 13.9 Å². The quantitative estimate of drug-likeness (QED) is 0.292. The molecule has 1 saturated heterocycles. The maximum Gasteiger partial charge on any atom is 0.332 e. The Kier molecular flexibility index (Phi) is 6.53. The summed E-state index contributed by atoms with van der Waals surface area (Å²) in [7, 11) is -4.51. The molecule has 1 rings (SSSR count). The number of hydrogen-bond acceptors (Lipinski definition) is 4. The van der Waals surface area contributed by atoms with Gasteiger partial charge >= 0.3 is 5.97 Å². The molecule has 0 aromatic rings. The minimum atomic E-state index is -1.76. The fraction of sp³-hybridized carbons (Fsp3) is 0.824. The number of esters is 1. The first-order valence-corrected chi connectivity index (χ1v) is 20.0. The van der Waals surface area contributed by atoms with Crippen LogP contribution in [-0.2, 0) is 18.7 Å². The lowest BCUT2D eigenvalue weighted by atomic mass is 9.99. The van der Waals surface area contributed by atoms with Crippen molar-refractivity contribution in [3.8, 4) is 0 Å². The highest BCUT2D eigenvalue weighted by atomic mass is 29.6. The van der Waals surface area contributed by atoms with E-state index in [0.29, 0.717) is 0 Å². The van der Waals surface area contributed by atoms with Gasteiger partial charge in [-0.15, -0.1) is 0 Å². The van der Waals surface area contributed by atoms with Crippen molar-refractivity contribution in [1.82, 2.24) is 0 Å². The molecule has 1 aliphatic heterocycles. The molecule has 0 aromatic heterocycles. The average molecular weight is 389 g/mol. The Morgan fingerprint density at radius 3 is 2.25 bits per heavy atom. The molecular formula is C17H36O4Si3. The van der Waals surface area contributed by atoms with Crippen molar-refractivity contribution in [3.05, 3.63) is 12.7 Å². The first kappa shape index (κ1) is 21.8. The topological polar surface area (TPSA) is 44.8 Å². The molecule has 140 valence electrons. The molecule has 7 heteroatoms. The molecule has 0 aliphatic carbocycles. The van der Waals surface area contributed by atoms with Crippen LogP contribution in [-0.4, -0.2) is 46.5 Å². The van der Waals surface area contributed by atoms with Crippen LogP contribution >= 0.6 is 0 Å². The molecule has 0 radical (unpaired) electrons. The number of carbonyl (C=O) groups excluding carboxylic acids is 1. The van der Waals surface area contributed by atoms with Gasteiger partial charge in [-0.2, -0.15) is 0 Å². The SMILES string of the molecule is C=CC(=O)OC(C)OC(CC)C1(C)C[Si](C)(C)[Si](C)(C)[Si](C)(C)O1. The highest BCUT2D eigenvalue weighted by molar-refractivity contribution is 7.67. The van der Waals surface area contributed by atoms with E-state index < -0.39 is 34.8 Å². The standard InChI is InChI=1S/C17H36O4Si3/c1-11-15(19-14(3)20-16(18)12-2)17(4)13-22(5,6)24(9,10)23(7,8)21-17/h12,14-15H,2,11,13H2,1,3-10H3. The second kappa shape index (κ2) is 7.19. The van der Waals surface area contributed by atoms with Gasteiger partial charge in [0.25, 0.3) is 0 Å². The molecular weight excluding hydrogens is 352 g/mol. The van der Waals surface area contributed by atoms with Gasteiger partial charge in [0.15, 0.2) is 7.83 Å². The summed E-state index contributed by atoms with van der Waals surface area (Å²) >= 11 is 0. The Labute approximate surface area is 150 Å². The number of carbonyl (C=O) groups is 1. The van der Waals surface area contributed by atoms with Crippen molar-refractivity contribution in [2.75, 3.05) is 0 Å². The Morgan fingerprint density at radius 2 is 1.83 bits per heavy atom. The maximum atomic E-state index is 11.4. The first-order chi connectivity index (χ1) is 10.7. The largest absolute Gasteiger partial charge is 0.433 e. The van der Waals surface area contributed by atoms with Gasteiger partial charge in [0.2, 0.25) is 6.29 Å². The summed E-state index contributed by atoms with van der Waals surface area (Å²) in [6.45, 7) is 24.4. The minimum absolute atomic E-state index is 0.0752. The van der Waals surface area contributed by atoms with Crippen LogP contribution in [0.4, 0.5) is 0 Å². The lowest BCUT2D eigenvalue weighted by molar-refractivity contribution is -0.200. The summed E-state index contributed by atoms with van der Waals surface area (Å²) in [6.07, 6.45) is 1.33. The van der Waals surface area contributed by atoms with Crippen molar-refractivity contribution < 1.29 is 18.7 Å². The molecule has 0 aromatic carbocycles. The normalized spacial score (nSPS) is 30.2. The molecule has 0 saturated carbocycles. The van der Waals surface area contributed by atoms with Crippen LogP contribution in [0.25, 0.3) is 0 Å². The number of rotatable bonds is 6. The summed E-state index contributed by atoms with van der Waals surface area (Å²) in [5.74, 6) is -0.454. The van der Waals surface area contributed by atoms with Gasteiger partial charge in [-0.1, -0.05) is 39.7 Å². The zero-order chi connectivity index (χ0) is 19.0. The van der Waals surface area contributed by atoms with Gasteiger partial charge in [-0.3, -0.25) is 0 Å². The van der Waals surface area contributed by atoms with Crippen LogP contribution in [0.3, 0.4) is 0 Å². The number of hydrogen-bond donors (Lipinski definition) is 0. The second-order valence-corrected chi connectivity index (χ2v) is 36.1. The van der Waals surface area contributed by atoms with E-state index in [0.717, 1.165) is 12.5 Å². The fourth-order valence-electron chi connectivity index (χ4n) is 3.98. The zero-order valence-corrected chi connectivity index (χ0v) is 20.0. The van der Waals surface area contributed by atoms with Crippen LogP contribution in [0.2, 0.25) is 45.3 Å². The van der Waals surface area contributed by atoms with Crippen molar-refractivity contribution in [1.29, 1.82) is 0 Å². The Balaban J connectivity index is 3.03. The highest BCUT2D eigenvalue weighted by Crippen LogP contribution is 2.46. The molecule has 0 spiro atoms. The predicted molar refractivity (Wildman–Crippen MR) is 108 cm³/mol. The summed E-state index contributed by atoms with van der Waals surface area (Å²) < 4.78 is 18.2. The van der Waals surface area contributed by atoms with Gasteiger partial charge in [0.1, 0.15) is 0 Å². The van der Waals surface area contributed by atoms with E-state index in [-0.39, 0.29) is 11.7 Å². The molecule has 0 N–H and O–H groups in total. The van der Waals surface area contributed by atoms with Crippen molar-refractivity contribution in [2.24, 2.45) is 0 Å². The van der Waals surface area contributed by atoms with E-state index in [1.165, 1.54) is 6.08 Å². The lowest BCUT2D eigenvalue weighted by Gasteiger charge is -2.60. The average Bonchev–Trinajstić information content (AvgIpc) is 2.41. The van der Waals surface area contributed by atoms with Crippen molar-refractivity contribution >= 4 is 28.5 Å². The summed E-state index contributed by atoms with van der Waals surface area (Å²) in [5.41, 5.74) is -0.294. The monoisotopic (exact) mass is 388 g/mol. The third-order valence-electron chi connectivity index (χ3n) is 6.33. The summed E-state index contributed by atoms with van der Waals surface area (Å²) in [5, 5.41) is 0. The minimum Gasteiger partial charge on any atom is -0.433 e. The van der Waals surface area contributed by atoms with Gasteiger partial charge in [-0.25, -0.2) is 4.79 Å². The molecule has 4 nitrogen and oxygen atoms in total. The van der Waals surface area contributed by atoms with E-state index in [2.05, 4.69) is 59.7 Å². The Hall–Kier alpha value is -0.219. The van der Waals surface area contributed by atoms with Crippen LogP contribution in [0.5, 0.6) is 0 Å². The smallest absolute Gasteiger partial charge is 0.332 e. The lowest BCUT2D eigenvalue weighted by Crippen LogP contribution is -2.79. The molecule has 24 heavy (non-hydrogen) atoms. The van der Waals surface area contributed by atoms with Crippen LogP contribution in [0.15, 0.2) is 12.7 Å². The van der Waals surface area contributed by atoms with E-state index in [1.807, 2.05) is 0 Å². The molecule has 3 atom stereocenters. The van der Waals surface area contributed by atoms with Crippen LogP contribution in [0.1, 0.15) is 27.2 Å². The number of ether oxygens (including phenoxy) is 2. The van der Waals surface area contributed by atoms with Crippen molar-refractivity contribution in [3.63, 3.8) is 0 Å². The molecule has 0 amide bonds. The van der Waals surface area contributed by atoms with Gasteiger partial charge in [-0.05, 0) is 39.4 Å². The maximum absolute atomic E-state index is 11.4. The first-order valence-electron chi connectivity index (χ1n) is 8.91. The van der Waals surface area contributed by atoms with Gasteiger partial charge in [0, 0.05) is 13.7 Å². The second-order valence-electron chi connectivity index (χ2n) is 8.85. The third kappa shape index (κ3) is 4.12. The zero-order valence-electron chi connectivity index (χ0n) is 17.0. The third-order valence-corrected chi connectivity index (χ3v) is 46.8. The van der Waals surface area contributed by atoms with E-state index in [4.69, 9.17) is 13.9 Å². The highest BCUT2D eigenvalue weighted by Gasteiger charge is 2.63. The van der Waals surface area contributed by atoms with E-state index in [9.17, 15) is 4.79 Å². The van der Waals surface area contributed by atoms with Crippen LogP contribution < -0.4 is 0 Å². The van der Waals surface area contributed by atoms with Crippen LogP contribution in [0, 0.1) is 0 Å². The molecule has 3 unspecified atom stereocenters. The molecule has 1 heterocycles. The summed E-state index contributed by atoms with van der Waals surface area (Å²) in [4.78, 5) is 11.4. The van der Waals surface area contributed by atoms with Gasteiger partial charge in [0.05, 0.1) is 18.8 Å². The Bertz CT molecular complexity index is 468.